The van der Waals surface area contributed by atoms with Gasteiger partial charge in [0.25, 0.3) is 0 Å². The van der Waals surface area contributed by atoms with Gasteiger partial charge in [-0.05, 0) is 34.5 Å². The molecule has 2 amide bonds. The maximum Gasteiger partial charge on any atom is 0.313 e. The van der Waals surface area contributed by atoms with E-state index in [0.29, 0.717) is 19.8 Å². The number of amides is 2. The van der Waals surface area contributed by atoms with Gasteiger partial charge >= 0.3 is 11.8 Å². The Morgan fingerprint density at radius 1 is 1.19 bits per heavy atom. The minimum Gasteiger partial charge on any atom is -0.379 e. The summed E-state index contributed by atoms with van der Waals surface area (Å²) in [5.41, 5.74) is 1.07. The van der Waals surface area contributed by atoms with E-state index in [1.54, 1.807) is 17.4 Å². The molecule has 0 aliphatic carbocycles. The lowest BCUT2D eigenvalue weighted by Crippen LogP contribution is -2.45. The number of para-hydroxylation sites is 1. The summed E-state index contributed by atoms with van der Waals surface area (Å²) in [6.45, 7) is 3.10. The molecule has 6 nitrogen and oxygen atoms in total. The smallest absolute Gasteiger partial charge is 0.313 e. The van der Waals surface area contributed by atoms with Crippen molar-refractivity contribution in [2.75, 3.05) is 38.2 Å². The minimum atomic E-state index is -0.888. The number of hydrogen-bond acceptors (Lipinski definition) is 5. The van der Waals surface area contributed by atoms with Crippen molar-refractivity contribution in [3.63, 3.8) is 0 Å². The van der Waals surface area contributed by atoms with Crippen LogP contribution in [-0.4, -0.2) is 49.6 Å². The van der Waals surface area contributed by atoms with Gasteiger partial charge in [0.15, 0.2) is 0 Å². The number of benzene rings is 1. The molecule has 1 aromatic carbocycles. The first kappa shape index (κ1) is 18.5. The number of halogens is 1. The van der Waals surface area contributed by atoms with Crippen LogP contribution in [-0.2, 0) is 14.3 Å². The molecule has 26 heavy (non-hydrogen) atoms. The predicted octanol–water partition coefficient (Wildman–Crippen LogP) is 2.02. The molecule has 2 heterocycles. The fourth-order valence-corrected chi connectivity index (χ4v) is 3.53. The van der Waals surface area contributed by atoms with E-state index < -0.39 is 17.6 Å². The van der Waals surface area contributed by atoms with E-state index in [4.69, 9.17) is 4.74 Å². The molecule has 2 aromatic rings. The number of carbonyl (C=O) groups is 2. The normalized spacial score (nSPS) is 16.0. The molecule has 1 saturated heterocycles. The second-order valence-electron chi connectivity index (χ2n) is 5.86. The maximum atomic E-state index is 13.6. The largest absolute Gasteiger partial charge is 0.379 e. The number of morpholine rings is 1. The first-order valence-electron chi connectivity index (χ1n) is 8.33. The van der Waals surface area contributed by atoms with Crippen molar-refractivity contribution < 1.29 is 18.7 Å². The van der Waals surface area contributed by atoms with Crippen LogP contribution in [0.25, 0.3) is 0 Å². The zero-order valence-electron chi connectivity index (χ0n) is 14.1. The van der Waals surface area contributed by atoms with E-state index in [-0.39, 0.29) is 11.7 Å². The van der Waals surface area contributed by atoms with E-state index >= 15 is 0 Å². The summed E-state index contributed by atoms with van der Waals surface area (Å²) >= 11 is 1.58. The molecule has 2 N–H and O–H groups in total. The van der Waals surface area contributed by atoms with Crippen LogP contribution in [0.4, 0.5) is 10.1 Å². The number of carbonyl (C=O) groups excluding carboxylic acids is 2. The quantitative estimate of drug-likeness (QED) is 0.782. The Morgan fingerprint density at radius 3 is 2.65 bits per heavy atom. The molecule has 1 fully saturated rings. The molecule has 0 saturated carbocycles. The zero-order chi connectivity index (χ0) is 18.4. The Labute approximate surface area is 155 Å². The molecular weight excluding hydrogens is 357 g/mol. The number of hydrogen-bond donors (Lipinski definition) is 2. The molecule has 3 rings (SSSR count). The van der Waals surface area contributed by atoms with Crippen LogP contribution in [0.1, 0.15) is 11.6 Å². The van der Waals surface area contributed by atoms with Crippen molar-refractivity contribution in [2.24, 2.45) is 0 Å². The Balaban J connectivity index is 1.60. The highest BCUT2D eigenvalue weighted by atomic mass is 32.1. The number of rotatable bonds is 5. The summed E-state index contributed by atoms with van der Waals surface area (Å²) in [5, 5.41) is 8.96. The molecular formula is C18H20FN3O3S. The Hall–Kier alpha value is -2.29. The molecule has 0 bridgehead atoms. The van der Waals surface area contributed by atoms with Gasteiger partial charge in [0.2, 0.25) is 0 Å². The lowest BCUT2D eigenvalue weighted by Gasteiger charge is -2.34. The van der Waals surface area contributed by atoms with Crippen molar-refractivity contribution in [3.8, 4) is 0 Å². The second kappa shape index (κ2) is 8.88. The SMILES string of the molecule is O=C(NCC(c1ccsc1)N1CCOCC1)C(=O)Nc1ccccc1F. The predicted molar refractivity (Wildman–Crippen MR) is 97.5 cm³/mol. The van der Waals surface area contributed by atoms with Gasteiger partial charge < -0.3 is 15.4 Å². The van der Waals surface area contributed by atoms with Gasteiger partial charge in [-0.15, -0.1) is 0 Å². The number of nitrogens with one attached hydrogen (secondary N) is 2. The number of thiophene rings is 1. The number of ether oxygens (including phenoxy) is 1. The van der Waals surface area contributed by atoms with Crippen molar-refractivity contribution in [2.45, 2.75) is 6.04 Å². The van der Waals surface area contributed by atoms with Crippen LogP contribution in [0.2, 0.25) is 0 Å². The average molecular weight is 377 g/mol. The zero-order valence-corrected chi connectivity index (χ0v) is 14.9. The molecule has 1 unspecified atom stereocenters. The lowest BCUT2D eigenvalue weighted by molar-refractivity contribution is -0.136. The first-order valence-corrected chi connectivity index (χ1v) is 9.27. The van der Waals surface area contributed by atoms with Crippen LogP contribution >= 0.6 is 11.3 Å². The van der Waals surface area contributed by atoms with Crippen molar-refractivity contribution in [1.82, 2.24) is 10.2 Å². The Kier molecular flexibility index (Phi) is 6.32. The molecule has 1 aromatic heterocycles. The second-order valence-corrected chi connectivity index (χ2v) is 6.64. The Morgan fingerprint density at radius 2 is 1.96 bits per heavy atom. The average Bonchev–Trinajstić information content (AvgIpc) is 3.19. The molecule has 1 aliphatic rings. The van der Waals surface area contributed by atoms with Gasteiger partial charge in [-0.1, -0.05) is 12.1 Å². The standard InChI is InChI=1S/C18H20FN3O3S/c19-14-3-1-2-4-15(14)21-18(24)17(23)20-11-16(13-5-10-26-12-13)22-6-8-25-9-7-22/h1-5,10,12,16H,6-9,11H2,(H,20,23)(H,21,24). The third kappa shape index (κ3) is 4.66. The monoisotopic (exact) mass is 377 g/mol. The van der Waals surface area contributed by atoms with Crippen LogP contribution in [0, 0.1) is 5.82 Å². The van der Waals surface area contributed by atoms with Crippen molar-refractivity contribution in [3.05, 3.63) is 52.5 Å². The third-order valence-electron chi connectivity index (χ3n) is 4.20. The van der Waals surface area contributed by atoms with Crippen LogP contribution in [0.3, 0.4) is 0 Å². The summed E-state index contributed by atoms with van der Waals surface area (Å²) in [6.07, 6.45) is 0. The van der Waals surface area contributed by atoms with E-state index in [1.807, 2.05) is 16.8 Å². The highest BCUT2D eigenvalue weighted by molar-refractivity contribution is 7.08. The van der Waals surface area contributed by atoms with Gasteiger partial charge in [0, 0.05) is 19.6 Å². The molecule has 138 valence electrons. The fraction of sp³-hybridized carbons (Fsp3) is 0.333. The van der Waals surface area contributed by atoms with Gasteiger partial charge in [0.05, 0.1) is 24.9 Å². The summed E-state index contributed by atoms with van der Waals surface area (Å²) in [5.74, 6) is -2.26. The van der Waals surface area contributed by atoms with E-state index in [9.17, 15) is 14.0 Å². The summed E-state index contributed by atoms with van der Waals surface area (Å²) < 4.78 is 19.0. The highest BCUT2D eigenvalue weighted by Crippen LogP contribution is 2.23. The maximum absolute atomic E-state index is 13.6. The third-order valence-corrected chi connectivity index (χ3v) is 4.90. The summed E-state index contributed by atoms with van der Waals surface area (Å²) in [7, 11) is 0. The van der Waals surface area contributed by atoms with Crippen LogP contribution in [0.15, 0.2) is 41.1 Å². The van der Waals surface area contributed by atoms with E-state index in [1.165, 1.54) is 18.2 Å². The summed E-state index contributed by atoms with van der Waals surface area (Å²) in [4.78, 5) is 26.4. The number of anilines is 1. The molecule has 0 spiro atoms. The molecule has 0 radical (unpaired) electrons. The van der Waals surface area contributed by atoms with Crippen molar-refractivity contribution in [1.29, 1.82) is 0 Å². The lowest BCUT2D eigenvalue weighted by atomic mass is 10.1. The Bertz CT molecular complexity index is 748. The van der Waals surface area contributed by atoms with Gasteiger partial charge in [0.1, 0.15) is 5.82 Å². The molecule has 8 heteroatoms. The topological polar surface area (TPSA) is 70.7 Å². The molecule has 1 aliphatic heterocycles. The van der Waals surface area contributed by atoms with Gasteiger partial charge in [-0.25, -0.2) is 4.39 Å². The minimum absolute atomic E-state index is 0.0183. The van der Waals surface area contributed by atoms with E-state index in [0.717, 1.165) is 18.7 Å². The number of nitrogens with zero attached hydrogens (tertiary/aromatic N) is 1. The van der Waals surface area contributed by atoms with Crippen LogP contribution < -0.4 is 10.6 Å². The summed E-state index contributed by atoms with van der Waals surface area (Å²) in [6, 6.07) is 7.70. The highest BCUT2D eigenvalue weighted by Gasteiger charge is 2.25. The van der Waals surface area contributed by atoms with E-state index in [2.05, 4.69) is 15.5 Å². The van der Waals surface area contributed by atoms with Crippen LogP contribution in [0.5, 0.6) is 0 Å². The first-order chi connectivity index (χ1) is 12.6. The fourth-order valence-electron chi connectivity index (χ4n) is 2.82. The van der Waals surface area contributed by atoms with Crippen molar-refractivity contribution >= 4 is 28.8 Å². The van der Waals surface area contributed by atoms with Gasteiger partial charge in [-0.3, -0.25) is 14.5 Å². The van der Waals surface area contributed by atoms with Gasteiger partial charge in [-0.2, -0.15) is 11.3 Å². The molecule has 1 atom stereocenters.